The molecule has 2 heterocycles. The molecule has 1 N–H and O–H groups in total. The number of ether oxygens (including phenoxy) is 1. The first-order valence-electron chi connectivity index (χ1n) is 5.30. The van der Waals surface area contributed by atoms with Crippen LogP contribution in [0.2, 0.25) is 0 Å². The van der Waals surface area contributed by atoms with Crippen LogP contribution < -0.4 is 0 Å². The molecule has 4 heteroatoms. The average Bonchev–Trinajstić information content (AvgIpc) is 2.51. The minimum atomic E-state index is -0.203. The van der Waals surface area contributed by atoms with Gasteiger partial charge in [-0.15, -0.1) is 11.3 Å². The Labute approximate surface area is 94.1 Å². The lowest BCUT2D eigenvalue weighted by Gasteiger charge is -2.38. The Morgan fingerprint density at radius 1 is 1.60 bits per heavy atom. The molecule has 2 rings (SSSR count). The molecule has 0 amide bonds. The third-order valence-electron chi connectivity index (χ3n) is 2.74. The summed E-state index contributed by atoms with van der Waals surface area (Å²) in [5, 5.41) is 12.6. The molecule has 0 aromatic carbocycles. The van der Waals surface area contributed by atoms with Gasteiger partial charge in [0.1, 0.15) is 0 Å². The minimum absolute atomic E-state index is 0.137. The van der Waals surface area contributed by atoms with E-state index in [0.29, 0.717) is 19.1 Å². The number of aliphatic hydroxyl groups is 1. The fourth-order valence-electron chi connectivity index (χ4n) is 1.67. The summed E-state index contributed by atoms with van der Waals surface area (Å²) in [4.78, 5) is 4.59. The number of thiazole rings is 1. The van der Waals surface area contributed by atoms with Crippen LogP contribution in [-0.4, -0.2) is 29.9 Å². The van der Waals surface area contributed by atoms with E-state index in [1.165, 1.54) is 5.01 Å². The summed E-state index contributed by atoms with van der Waals surface area (Å²) in [7, 11) is 0. The lowest BCUT2D eigenvalue weighted by atomic mass is 9.84. The van der Waals surface area contributed by atoms with Crippen molar-refractivity contribution in [2.75, 3.05) is 19.8 Å². The van der Waals surface area contributed by atoms with Crippen LogP contribution in [0, 0.1) is 5.92 Å². The maximum absolute atomic E-state index is 9.37. The first-order valence-corrected chi connectivity index (χ1v) is 6.18. The number of nitrogens with zero attached hydrogens (tertiary/aromatic N) is 1. The fourth-order valence-corrected chi connectivity index (χ4v) is 2.80. The highest BCUT2D eigenvalue weighted by Gasteiger charge is 2.41. The third-order valence-corrected chi connectivity index (χ3v) is 3.61. The van der Waals surface area contributed by atoms with Gasteiger partial charge in [0.05, 0.1) is 35.9 Å². The van der Waals surface area contributed by atoms with Crippen molar-refractivity contribution < 1.29 is 9.84 Å². The molecule has 1 saturated heterocycles. The lowest BCUT2D eigenvalue weighted by molar-refractivity contribution is -0.0859. The Bertz CT molecular complexity index is 326. The quantitative estimate of drug-likeness (QED) is 0.849. The molecular formula is C11H17NO2S. The number of aliphatic hydroxyl groups excluding tert-OH is 1. The third kappa shape index (κ3) is 2.07. The van der Waals surface area contributed by atoms with E-state index in [9.17, 15) is 5.11 Å². The number of rotatable bonds is 4. The highest BCUT2D eigenvalue weighted by molar-refractivity contribution is 7.09. The van der Waals surface area contributed by atoms with Gasteiger partial charge in [0.2, 0.25) is 0 Å². The molecule has 0 unspecified atom stereocenters. The van der Waals surface area contributed by atoms with Crippen LogP contribution in [0.5, 0.6) is 0 Å². The van der Waals surface area contributed by atoms with Crippen molar-refractivity contribution in [3.05, 3.63) is 16.1 Å². The smallest absolute Gasteiger partial charge is 0.0931 e. The van der Waals surface area contributed by atoms with Gasteiger partial charge in [0.25, 0.3) is 0 Å². The zero-order valence-corrected chi connectivity index (χ0v) is 10.0. The summed E-state index contributed by atoms with van der Waals surface area (Å²) in [5.41, 5.74) is 0.808. The van der Waals surface area contributed by atoms with Crippen LogP contribution in [0.3, 0.4) is 0 Å². The first kappa shape index (κ1) is 11.0. The van der Waals surface area contributed by atoms with Gasteiger partial charge in [0.15, 0.2) is 0 Å². The highest BCUT2D eigenvalue weighted by atomic mass is 32.1. The topological polar surface area (TPSA) is 42.4 Å². The lowest BCUT2D eigenvalue weighted by Crippen LogP contribution is -2.50. The van der Waals surface area contributed by atoms with E-state index in [1.54, 1.807) is 11.3 Å². The summed E-state index contributed by atoms with van der Waals surface area (Å²) in [5.74, 6) is 0.631. The molecule has 0 spiro atoms. The highest BCUT2D eigenvalue weighted by Crippen LogP contribution is 2.32. The van der Waals surface area contributed by atoms with Gasteiger partial charge >= 0.3 is 0 Å². The molecule has 0 saturated carbocycles. The van der Waals surface area contributed by atoms with Crippen molar-refractivity contribution in [3.63, 3.8) is 0 Å². The Morgan fingerprint density at radius 3 is 2.80 bits per heavy atom. The molecular weight excluding hydrogens is 210 g/mol. The van der Waals surface area contributed by atoms with E-state index in [2.05, 4.69) is 24.2 Å². The maximum atomic E-state index is 9.37. The van der Waals surface area contributed by atoms with Crippen molar-refractivity contribution in [1.29, 1.82) is 0 Å². The van der Waals surface area contributed by atoms with Crippen LogP contribution in [0.15, 0.2) is 5.38 Å². The van der Waals surface area contributed by atoms with Crippen LogP contribution in [-0.2, 0) is 16.6 Å². The van der Waals surface area contributed by atoms with E-state index in [0.717, 1.165) is 12.1 Å². The number of hydrogen-bond donors (Lipinski definition) is 1. The molecule has 1 aliphatic rings. The summed E-state index contributed by atoms with van der Waals surface area (Å²) < 4.78 is 5.18. The van der Waals surface area contributed by atoms with Gasteiger partial charge in [-0.1, -0.05) is 13.8 Å². The van der Waals surface area contributed by atoms with Crippen molar-refractivity contribution >= 4 is 11.3 Å². The Morgan fingerprint density at radius 2 is 2.33 bits per heavy atom. The summed E-state index contributed by atoms with van der Waals surface area (Å²) in [6.45, 7) is 5.73. The van der Waals surface area contributed by atoms with Crippen LogP contribution in [0.25, 0.3) is 0 Å². The second-order valence-corrected chi connectivity index (χ2v) is 5.60. The predicted molar refractivity (Wildman–Crippen MR) is 60.2 cm³/mol. The van der Waals surface area contributed by atoms with Crippen LogP contribution in [0.4, 0.5) is 0 Å². The molecule has 1 aliphatic heterocycles. The average molecular weight is 227 g/mol. The molecule has 0 bridgehead atoms. The van der Waals surface area contributed by atoms with Crippen molar-refractivity contribution in [1.82, 2.24) is 4.98 Å². The van der Waals surface area contributed by atoms with Gasteiger partial charge < -0.3 is 9.84 Å². The largest absolute Gasteiger partial charge is 0.395 e. The van der Waals surface area contributed by atoms with Gasteiger partial charge in [-0.3, -0.25) is 0 Å². The summed E-state index contributed by atoms with van der Waals surface area (Å²) in [6, 6.07) is 0. The summed E-state index contributed by atoms with van der Waals surface area (Å²) >= 11 is 1.69. The van der Waals surface area contributed by atoms with Gasteiger partial charge in [-0.05, 0) is 5.92 Å². The molecule has 1 fully saturated rings. The molecule has 3 nitrogen and oxygen atoms in total. The van der Waals surface area contributed by atoms with Crippen molar-refractivity contribution in [2.24, 2.45) is 5.92 Å². The van der Waals surface area contributed by atoms with E-state index in [1.807, 2.05) is 0 Å². The molecule has 1 aromatic heterocycles. The SMILES string of the molecule is CC(C)Cc1nc(C2(CO)COC2)cs1. The maximum Gasteiger partial charge on any atom is 0.0931 e. The Balaban J connectivity index is 2.12. The normalized spacial score (nSPS) is 19.2. The van der Waals surface area contributed by atoms with Crippen LogP contribution in [0.1, 0.15) is 24.5 Å². The molecule has 84 valence electrons. The van der Waals surface area contributed by atoms with E-state index in [4.69, 9.17) is 4.74 Å². The first-order chi connectivity index (χ1) is 7.16. The molecule has 1 aromatic rings. The Kier molecular flexibility index (Phi) is 3.09. The zero-order chi connectivity index (χ0) is 10.9. The van der Waals surface area contributed by atoms with E-state index >= 15 is 0 Å². The second-order valence-electron chi connectivity index (χ2n) is 4.66. The fraction of sp³-hybridized carbons (Fsp3) is 0.727. The second kappa shape index (κ2) is 4.20. The molecule has 0 aliphatic carbocycles. The van der Waals surface area contributed by atoms with E-state index in [-0.39, 0.29) is 12.0 Å². The Hall–Kier alpha value is -0.450. The van der Waals surface area contributed by atoms with Crippen LogP contribution >= 0.6 is 11.3 Å². The monoisotopic (exact) mass is 227 g/mol. The van der Waals surface area contributed by atoms with Gasteiger partial charge in [0, 0.05) is 11.8 Å². The standard InChI is InChI=1S/C11H17NO2S/c1-8(2)3-10-12-9(4-15-10)11(5-13)6-14-7-11/h4,8,13H,3,5-7H2,1-2H3. The molecule has 0 radical (unpaired) electrons. The van der Waals surface area contributed by atoms with E-state index < -0.39 is 0 Å². The van der Waals surface area contributed by atoms with Crippen molar-refractivity contribution in [2.45, 2.75) is 25.7 Å². The van der Waals surface area contributed by atoms with Gasteiger partial charge in [-0.25, -0.2) is 4.98 Å². The molecule has 15 heavy (non-hydrogen) atoms. The van der Waals surface area contributed by atoms with Crippen molar-refractivity contribution in [3.8, 4) is 0 Å². The zero-order valence-electron chi connectivity index (χ0n) is 9.19. The molecule has 0 atom stereocenters. The van der Waals surface area contributed by atoms with Gasteiger partial charge in [-0.2, -0.15) is 0 Å². The number of aromatic nitrogens is 1. The number of hydrogen-bond acceptors (Lipinski definition) is 4. The predicted octanol–water partition coefficient (Wildman–Crippen LogP) is 1.60. The minimum Gasteiger partial charge on any atom is -0.395 e. The summed E-state index contributed by atoms with van der Waals surface area (Å²) in [6.07, 6.45) is 1.02.